The number of hydrogen-bond donors (Lipinski definition) is 1. The van der Waals surface area contributed by atoms with Crippen LogP contribution < -0.4 is 4.89 Å². The van der Waals surface area contributed by atoms with E-state index in [0.29, 0.717) is 5.01 Å². The van der Waals surface area contributed by atoms with Gasteiger partial charge in [-0.15, -0.1) is 11.3 Å². The van der Waals surface area contributed by atoms with Crippen molar-refractivity contribution < 1.29 is 13.3 Å². The van der Waals surface area contributed by atoms with Gasteiger partial charge in [0.05, 0.1) is 16.8 Å². The first-order chi connectivity index (χ1) is 6.71. The monoisotopic (exact) mass is 250 g/mol. The Bertz CT molecular complexity index is 431. The lowest BCUT2D eigenvalue weighted by atomic mass is 10.2. The van der Waals surface area contributed by atoms with Gasteiger partial charge in [0.2, 0.25) is 0 Å². The zero-order valence-electron chi connectivity index (χ0n) is 9.07. The van der Waals surface area contributed by atoms with Crippen LogP contribution in [-0.4, -0.2) is 19.0 Å². The summed E-state index contributed by atoms with van der Waals surface area (Å²) < 4.78 is 23.4. The van der Waals surface area contributed by atoms with E-state index in [0.717, 1.165) is 11.3 Å². The summed E-state index contributed by atoms with van der Waals surface area (Å²) in [6, 6.07) is 0. The quantitative estimate of drug-likeness (QED) is 0.825. The Morgan fingerprint density at radius 3 is 2.47 bits per heavy atom. The topological polar surface area (TPSA) is 68.3 Å². The van der Waals surface area contributed by atoms with Gasteiger partial charge in [0.25, 0.3) is 10.0 Å². The number of aryl methyl sites for hydroxylation is 1. The standard InChI is InChI=1S/C8H14N2O3S2/c1-6-9-5-7(14-6)15(11,12)10-13-8(2,3)4/h5,10H,1-4H3. The summed E-state index contributed by atoms with van der Waals surface area (Å²) in [5.41, 5.74) is -0.563. The van der Waals surface area contributed by atoms with E-state index in [-0.39, 0.29) is 4.21 Å². The van der Waals surface area contributed by atoms with Gasteiger partial charge in [0.1, 0.15) is 0 Å². The minimum absolute atomic E-state index is 0.157. The normalized spacial score (nSPS) is 13.1. The number of rotatable bonds is 3. The molecule has 0 aliphatic rings. The molecule has 0 fully saturated rings. The highest BCUT2D eigenvalue weighted by atomic mass is 32.2. The molecule has 1 aromatic rings. The smallest absolute Gasteiger partial charge is 0.273 e. The van der Waals surface area contributed by atoms with Crippen LogP contribution in [0.4, 0.5) is 0 Å². The summed E-state index contributed by atoms with van der Waals surface area (Å²) in [7, 11) is -3.59. The van der Waals surface area contributed by atoms with Crippen molar-refractivity contribution in [3.05, 3.63) is 11.2 Å². The first-order valence-corrected chi connectivity index (χ1v) is 6.63. The number of aromatic nitrogens is 1. The van der Waals surface area contributed by atoms with Gasteiger partial charge < -0.3 is 0 Å². The third-order valence-corrected chi connectivity index (χ3v) is 3.88. The van der Waals surface area contributed by atoms with Crippen LogP contribution in [0.3, 0.4) is 0 Å². The molecule has 0 amide bonds. The molecule has 86 valence electrons. The van der Waals surface area contributed by atoms with Crippen LogP contribution in [0.15, 0.2) is 10.4 Å². The van der Waals surface area contributed by atoms with E-state index >= 15 is 0 Å². The Hall–Kier alpha value is -0.500. The predicted molar refractivity (Wildman–Crippen MR) is 58.0 cm³/mol. The van der Waals surface area contributed by atoms with Crippen molar-refractivity contribution in [3.8, 4) is 0 Å². The Morgan fingerprint density at radius 1 is 1.47 bits per heavy atom. The van der Waals surface area contributed by atoms with Gasteiger partial charge in [-0.3, -0.25) is 4.84 Å². The zero-order chi connectivity index (χ0) is 11.7. The van der Waals surface area contributed by atoms with Gasteiger partial charge in [0.15, 0.2) is 4.21 Å². The van der Waals surface area contributed by atoms with Crippen molar-refractivity contribution in [3.63, 3.8) is 0 Å². The van der Waals surface area contributed by atoms with Crippen molar-refractivity contribution in [2.75, 3.05) is 0 Å². The third kappa shape index (κ3) is 3.86. The van der Waals surface area contributed by atoms with Crippen LogP contribution in [0.5, 0.6) is 0 Å². The van der Waals surface area contributed by atoms with Crippen LogP contribution in [0, 0.1) is 6.92 Å². The third-order valence-electron chi connectivity index (χ3n) is 1.32. The van der Waals surface area contributed by atoms with Gasteiger partial charge in [-0.2, -0.15) is 0 Å². The van der Waals surface area contributed by atoms with Crippen molar-refractivity contribution in [1.29, 1.82) is 0 Å². The Kier molecular flexibility index (Phi) is 3.49. The summed E-state index contributed by atoms with van der Waals surface area (Å²) in [6.07, 6.45) is 1.31. The number of nitrogens with one attached hydrogen (secondary N) is 1. The maximum absolute atomic E-state index is 11.6. The molecular weight excluding hydrogens is 236 g/mol. The Balaban J connectivity index is 2.77. The molecule has 0 aromatic carbocycles. The Morgan fingerprint density at radius 2 is 2.07 bits per heavy atom. The second-order valence-corrected chi connectivity index (χ2v) is 7.11. The fraction of sp³-hybridized carbons (Fsp3) is 0.625. The van der Waals surface area contributed by atoms with Crippen LogP contribution in [0.25, 0.3) is 0 Å². The highest BCUT2D eigenvalue weighted by Gasteiger charge is 2.21. The molecule has 0 aliphatic carbocycles. The molecule has 0 radical (unpaired) electrons. The molecule has 7 heteroatoms. The lowest BCUT2D eigenvalue weighted by Gasteiger charge is -2.18. The largest absolute Gasteiger partial charge is 0.281 e. The fourth-order valence-corrected chi connectivity index (χ4v) is 2.73. The highest BCUT2D eigenvalue weighted by molar-refractivity contribution is 7.91. The van der Waals surface area contributed by atoms with E-state index in [2.05, 4.69) is 9.87 Å². The van der Waals surface area contributed by atoms with E-state index in [9.17, 15) is 8.42 Å². The highest BCUT2D eigenvalue weighted by Crippen LogP contribution is 2.18. The summed E-state index contributed by atoms with van der Waals surface area (Å²) in [5, 5.41) is 0.700. The summed E-state index contributed by atoms with van der Waals surface area (Å²) in [5.74, 6) is 0. The maximum atomic E-state index is 11.6. The predicted octanol–water partition coefficient (Wildman–Crippen LogP) is 1.46. The average molecular weight is 250 g/mol. The molecule has 1 rings (SSSR count). The van der Waals surface area contributed by atoms with Crippen LogP contribution in [0.1, 0.15) is 25.8 Å². The fourth-order valence-electron chi connectivity index (χ4n) is 0.687. The number of thiazole rings is 1. The van der Waals surface area contributed by atoms with Gasteiger partial charge in [-0.1, -0.05) is 4.89 Å². The second kappa shape index (κ2) is 4.17. The van der Waals surface area contributed by atoms with Crippen LogP contribution in [0.2, 0.25) is 0 Å². The van der Waals surface area contributed by atoms with Gasteiger partial charge in [-0.25, -0.2) is 13.4 Å². The molecule has 0 saturated carbocycles. The molecule has 5 nitrogen and oxygen atoms in total. The molecule has 0 bridgehead atoms. The molecule has 0 atom stereocenters. The molecular formula is C8H14N2O3S2. The van der Waals surface area contributed by atoms with E-state index in [1.165, 1.54) is 6.20 Å². The first-order valence-electron chi connectivity index (χ1n) is 4.33. The maximum Gasteiger partial charge on any atom is 0.273 e. The second-order valence-electron chi connectivity index (χ2n) is 4.00. The minimum Gasteiger partial charge on any atom is -0.281 e. The molecule has 0 spiro atoms. The SMILES string of the molecule is Cc1ncc(S(=O)(=O)NOC(C)(C)C)s1. The number of sulfonamides is 1. The molecule has 0 saturated heterocycles. The van der Waals surface area contributed by atoms with E-state index < -0.39 is 15.6 Å². The van der Waals surface area contributed by atoms with Crippen LogP contribution >= 0.6 is 11.3 Å². The summed E-state index contributed by atoms with van der Waals surface area (Å²) in [4.78, 5) is 10.9. The number of nitrogens with zero attached hydrogens (tertiary/aromatic N) is 1. The molecule has 1 N–H and O–H groups in total. The summed E-state index contributed by atoms with van der Waals surface area (Å²) in [6.45, 7) is 7.02. The van der Waals surface area contributed by atoms with Crippen molar-refractivity contribution in [2.45, 2.75) is 37.5 Å². The van der Waals surface area contributed by atoms with Crippen molar-refractivity contribution >= 4 is 21.4 Å². The van der Waals surface area contributed by atoms with Crippen molar-refractivity contribution in [1.82, 2.24) is 9.87 Å². The lowest BCUT2D eigenvalue weighted by Crippen LogP contribution is -2.33. The molecule has 0 unspecified atom stereocenters. The van der Waals surface area contributed by atoms with E-state index in [1.807, 2.05) is 0 Å². The van der Waals surface area contributed by atoms with E-state index in [4.69, 9.17) is 4.84 Å². The van der Waals surface area contributed by atoms with Crippen molar-refractivity contribution in [2.24, 2.45) is 0 Å². The number of hydrogen-bond acceptors (Lipinski definition) is 5. The Labute approximate surface area is 93.5 Å². The molecule has 1 heterocycles. The lowest BCUT2D eigenvalue weighted by molar-refractivity contribution is -0.0357. The van der Waals surface area contributed by atoms with Gasteiger partial charge >= 0.3 is 0 Å². The van der Waals surface area contributed by atoms with Gasteiger partial charge in [-0.05, 0) is 27.7 Å². The van der Waals surface area contributed by atoms with Gasteiger partial charge in [0, 0.05) is 0 Å². The first kappa shape index (κ1) is 12.6. The van der Waals surface area contributed by atoms with Crippen LogP contribution in [-0.2, 0) is 14.9 Å². The average Bonchev–Trinajstić information content (AvgIpc) is 2.48. The molecule has 0 aliphatic heterocycles. The molecule has 1 aromatic heterocycles. The zero-order valence-corrected chi connectivity index (χ0v) is 10.7. The summed E-state index contributed by atoms with van der Waals surface area (Å²) >= 11 is 1.10. The minimum atomic E-state index is -3.59. The van der Waals surface area contributed by atoms with E-state index in [1.54, 1.807) is 27.7 Å². The molecule has 15 heavy (non-hydrogen) atoms.